The largest absolute Gasteiger partial charge is 0.257 e. The molecule has 1 aromatic carbocycles. The van der Waals surface area contributed by atoms with Crippen LogP contribution in [-0.2, 0) is 13.0 Å². The van der Waals surface area contributed by atoms with Crippen LogP contribution < -0.4 is 0 Å². The molecule has 0 aliphatic heterocycles. The van der Waals surface area contributed by atoms with E-state index in [0.717, 1.165) is 22.2 Å². The first-order valence-corrected chi connectivity index (χ1v) is 6.27. The molecule has 0 amide bonds. The van der Waals surface area contributed by atoms with Crippen molar-refractivity contribution in [1.29, 1.82) is 0 Å². The van der Waals surface area contributed by atoms with Gasteiger partial charge in [-0.05, 0) is 43.8 Å². The number of rotatable bonds is 3. The number of nitrogens with zero attached hydrogens (tertiary/aromatic N) is 2. The maximum absolute atomic E-state index is 4.31. The lowest BCUT2D eigenvalue weighted by atomic mass is 10.2. The van der Waals surface area contributed by atoms with E-state index in [-0.39, 0.29) is 0 Å². The van der Waals surface area contributed by atoms with E-state index < -0.39 is 0 Å². The summed E-state index contributed by atoms with van der Waals surface area (Å²) in [6.45, 7) is 0.885. The van der Waals surface area contributed by atoms with Gasteiger partial charge in [0.15, 0.2) is 0 Å². The molecule has 0 atom stereocenters. The van der Waals surface area contributed by atoms with E-state index in [1.807, 2.05) is 16.8 Å². The Balaban J connectivity index is 2.02. The first-order valence-electron chi connectivity index (χ1n) is 4.68. The number of halogens is 2. The number of aromatic nitrogens is 2. The second-order valence-corrected chi connectivity index (χ2v) is 4.87. The van der Waals surface area contributed by atoms with E-state index in [0.29, 0.717) is 0 Å². The number of aryl methyl sites for hydroxylation is 2. The van der Waals surface area contributed by atoms with Gasteiger partial charge in [0, 0.05) is 12.6 Å². The van der Waals surface area contributed by atoms with Gasteiger partial charge in [0.25, 0.3) is 0 Å². The number of hydrogen-bond donors (Lipinski definition) is 0. The molecule has 2 rings (SSSR count). The topological polar surface area (TPSA) is 17.8 Å². The van der Waals surface area contributed by atoms with Gasteiger partial charge in [0.1, 0.15) is 9.21 Å². The highest BCUT2D eigenvalue weighted by molar-refractivity contribution is 9.11. The Morgan fingerprint density at radius 1 is 1.13 bits per heavy atom. The van der Waals surface area contributed by atoms with Gasteiger partial charge in [-0.3, -0.25) is 4.68 Å². The molecule has 0 N–H and O–H groups in total. The van der Waals surface area contributed by atoms with Crippen LogP contribution in [0.15, 0.2) is 45.6 Å². The van der Waals surface area contributed by atoms with Crippen LogP contribution in [-0.4, -0.2) is 9.78 Å². The molecular weight excluding hydrogens is 320 g/mol. The van der Waals surface area contributed by atoms with Gasteiger partial charge in [-0.25, -0.2) is 0 Å². The monoisotopic (exact) mass is 328 g/mol. The van der Waals surface area contributed by atoms with E-state index in [4.69, 9.17) is 0 Å². The summed E-state index contributed by atoms with van der Waals surface area (Å²) in [6.07, 6.45) is 0.994. The van der Waals surface area contributed by atoms with Gasteiger partial charge >= 0.3 is 0 Å². The van der Waals surface area contributed by atoms with Crippen LogP contribution in [0.3, 0.4) is 0 Å². The molecule has 0 aliphatic rings. The summed E-state index contributed by atoms with van der Waals surface area (Å²) < 4.78 is 3.81. The SMILES string of the molecule is Brc1cc(Br)n(CCc2ccccc2)n1. The van der Waals surface area contributed by atoms with Crippen LogP contribution in [0, 0.1) is 0 Å². The standard InChI is InChI=1S/C11H10Br2N2/c12-10-8-11(13)15(14-10)7-6-9-4-2-1-3-5-9/h1-5,8H,6-7H2. The van der Waals surface area contributed by atoms with Crippen LogP contribution in [0.5, 0.6) is 0 Å². The van der Waals surface area contributed by atoms with Crippen molar-refractivity contribution in [3.05, 3.63) is 51.2 Å². The number of hydrogen-bond acceptors (Lipinski definition) is 1. The zero-order valence-electron chi connectivity index (χ0n) is 8.03. The lowest BCUT2D eigenvalue weighted by Gasteiger charge is -2.03. The lowest BCUT2D eigenvalue weighted by molar-refractivity contribution is 0.599. The second kappa shape index (κ2) is 4.94. The van der Waals surface area contributed by atoms with Crippen molar-refractivity contribution >= 4 is 31.9 Å². The van der Waals surface area contributed by atoms with E-state index >= 15 is 0 Å². The van der Waals surface area contributed by atoms with Gasteiger partial charge in [-0.2, -0.15) is 5.10 Å². The minimum absolute atomic E-state index is 0.863. The summed E-state index contributed by atoms with van der Waals surface area (Å²) in [5, 5.41) is 4.31. The summed E-state index contributed by atoms with van der Waals surface area (Å²) in [5.74, 6) is 0. The Kier molecular flexibility index (Phi) is 3.59. The molecule has 2 nitrogen and oxygen atoms in total. The Labute approximate surface area is 106 Å². The Hall–Kier alpha value is -0.610. The van der Waals surface area contributed by atoms with Crippen molar-refractivity contribution in [2.45, 2.75) is 13.0 Å². The molecule has 4 heteroatoms. The lowest BCUT2D eigenvalue weighted by Crippen LogP contribution is -2.03. The normalized spacial score (nSPS) is 10.5. The molecule has 15 heavy (non-hydrogen) atoms. The molecular formula is C11H10Br2N2. The molecule has 0 aliphatic carbocycles. The fourth-order valence-corrected chi connectivity index (χ4v) is 2.59. The minimum Gasteiger partial charge on any atom is -0.257 e. The highest BCUT2D eigenvalue weighted by atomic mass is 79.9. The average molecular weight is 330 g/mol. The van der Waals surface area contributed by atoms with E-state index in [2.05, 4.69) is 61.2 Å². The molecule has 0 saturated heterocycles. The molecule has 1 heterocycles. The van der Waals surface area contributed by atoms with Gasteiger partial charge in [-0.1, -0.05) is 30.3 Å². The van der Waals surface area contributed by atoms with Crippen LogP contribution in [0.4, 0.5) is 0 Å². The predicted octanol–water partition coefficient (Wildman–Crippen LogP) is 3.65. The minimum atomic E-state index is 0.863. The fourth-order valence-electron chi connectivity index (χ4n) is 1.40. The molecule has 78 valence electrons. The highest BCUT2D eigenvalue weighted by Crippen LogP contribution is 2.16. The molecule has 0 saturated carbocycles. The highest BCUT2D eigenvalue weighted by Gasteiger charge is 2.02. The fraction of sp³-hybridized carbons (Fsp3) is 0.182. The summed E-state index contributed by atoms with van der Waals surface area (Å²) in [5.41, 5.74) is 1.33. The van der Waals surface area contributed by atoms with Crippen molar-refractivity contribution in [3.8, 4) is 0 Å². The smallest absolute Gasteiger partial charge is 0.129 e. The number of benzene rings is 1. The maximum atomic E-state index is 4.31. The molecule has 0 bridgehead atoms. The summed E-state index contributed by atoms with van der Waals surface area (Å²) in [6, 6.07) is 12.4. The third kappa shape index (κ3) is 2.92. The Morgan fingerprint density at radius 2 is 1.87 bits per heavy atom. The first kappa shape index (κ1) is 10.9. The molecule has 1 aromatic heterocycles. The van der Waals surface area contributed by atoms with E-state index in [1.54, 1.807) is 0 Å². The molecule has 0 unspecified atom stereocenters. The third-order valence-electron chi connectivity index (χ3n) is 2.16. The van der Waals surface area contributed by atoms with Crippen LogP contribution in [0.1, 0.15) is 5.56 Å². The molecule has 0 radical (unpaired) electrons. The Bertz CT molecular complexity index is 437. The predicted molar refractivity (Wildman–Crippen MR) is 67.8 cm³/mol. The second-order valence-electron chi connectivity index (χ2n) is 3.25. The van der Waals surface area contributed by atoms with Crippen LogP contribution in [0.25, 0.3) is 0 Å². The van der Waals surface area contributed by atoms with E-state index in [9.17, 15) is 0 Å². The van der Waals surface area contributed by atoms with E-state index in [1.165, 1.54) is 5.56 Å². The van der Waals surface area contributed by atoms with Gasteiger partial charge in [0.2, 0.25) is 0 Å². The summed E-state index contributed by atoms with van der Waals surface area (Å²) in [4.78, 5) is 0. The summed E-state index contributed by atoms with van der Waals surface area (Å²) >= 11 is 6.81. The molecule has 0 spiro atoms. The molecule has 2 aromatic rings. The zero-order valence-corrected chi connectivity index (χ0v) is 11.2. The summed E-state index contributed by atoms with van der Waals surface area (Å²) in [7, 11) is 0. The van der Waals surface area contributed by atoms with Gasteiger partial charge in [0.05, 0.1) is 0 Å². The van der Waals surface area contributed by atoms with Gasteiger partial charge < -0.3 is 0 Å². The van der Waals surface area contributed by atoms with Gasteiger partial charge in [-0.15, -0.1) is 0 Å². The first-order chi connectivity index (χ1) is 7.25. The van der Waals surface area contributed by atoms with Crippen LogP contribution >= 0.6 is 31.9 Å². The van der Waals surface area contributed by atoms with Crippen molar-refractivity contribution < 1.29 is 0 Å². The quantitative estimate of drug-likeness (QED) is 0.840. The zero-order chi connectivity index (χ0) is 10.7. The molecule has 0 fully saturated rings. The van der Waals surface area contributed by atoms with Crippen molar-refractivity contribution in [1.82, 2.24) is 9.78 Å². The van der Waals surface area contributed by atoms with Crippen molar-refractivity contribution in [2.75, 3.05) is 0 Å². The van der Waals surface area contributed by atoms with Crippen molar-refractivity contribution in [2.24, 2.45) is 0 Å². The average Bonchev–Trinajstić information content (AvgIpc) is 2.56. The maximum Gasteiger partial charge on any atom is 0.129 e. The Morgan fingerprint density at radius 3 is 2.47 bits per heavy atom. The van der Waals surface area contributed by atoms with Crippen molar-refractivity contribution in [3.63, 3.8) is 0 Å². The van der Waals surface area contributed by atoms with Crippen LogP contribution in [0.2, 0.25) is 0 Å². The third-order valence-corrected chi connectivity index (χ3v) is 3.18.